The molecule has 0 spiro atoms. The Morgan fingerprint density at radius 1 is 1.28 bits per heavy atom. The van der Waals surface area contributed by atoms with Gasteiger partial charge in [0.15, 0.2) is 11.5 Å². The van der Waals surface area contributed by atoms with Crippen LogP contribution in [0.15, 0.2) is 30.6 Å². The first kappa shape index (κ1) is 17.7. The van der Waals surface area contributed by atoms with Gasteiger partial charge in [0.2, 0.25) is 12.7 Å². The third-order valence-electron chi connectivity index (χ3n) is 5.38. The van der Waals surface area contributed by atoms with Gasteiger partial charge in [-0.3, -0.25) is 4.79 Å². The van der Waals surface area contributed by atoms with Crippen LogP contribution >= 0.6 is 0 Å². The minimum Gasteiger partial charge on any atom is -0.454 e. The Balaban J connectivity index is 1.26. The van der Waals surface area contributed by atoms with Gasteiger partial charge < -0.3 is 19.7 Å². The molecule has 1 saturated heterocycles. The molecule has 1 aromatic carbocycles. The van der Waals surface area contributed by atoms with Gasteiger partial charge in [0.25, 0.3) is 5.78 Å². The highest BCUT2D eigenvalue weighted by molar-refractivity contribution is 5.79. The number of piperidine rings is 1. The van der Waals surface area contributed by atoms with Crippen LogP contribution in [0.4, 0.5) is 5.82 Å². The zero-order valence-electron chi connectivity index (χ0n) is 16.2. The van der Waals surface area contributed by atoms with Crippen LogP contribution in [0.3, 0.4) is 0 Å². The van der Waals surface area contributed by atoms with E-state index in [9.17, 15) is 4.79 Å². The van der Waals surface area contributed by atoms with E-state index >= 15 is 0 Å². The molecule has 3 aromatic rings. The monoisotopic (exact) mass is 394 g/mol. The minimum absolute atomic E-state index is 0.0629. The molecule has 0 unspecified atom stereocenters. The molecule has 9 nitrogen and oxygen atoms in total. The number of carbonyl (C=O) groups is 1. The highest BCUT2D eigenvalue weighted by atomic mass is 16.7. The van der Waals surface area contributed by atoms with Crippen molar-refractivity contribution >= 4 is 17.5 Å². The van der Waals surface area contributed by atoms with Gasteiger partial charge in [-0.1, -0.05) is 6.07 Å². The third kappa shape index (κ3) is 3.43. The first-order valence-electron chi connectivity index (χ1n) is 9.76. The van der Waals surface area contributed by atoms with Crippen molar-refractivity contribution in [3.8, 4) is 11.5 Å². The number of benzene rings is 1. The van der Waals surface area contributed by atoms with E-state index in [4.69, 9.17) is 9.47 Å². The van der Waals surface area contributed by atoms with Crippen LogP contribution in [-0.2, 0) is 11.3 Å². The third-order valence-corrected chi connectivity index (χ3v) is 5.38. The van der Waals surface area contributed by atoms with E-state index in [2.05, 4.69) is 25.3 Å². The molecule has 0 aliphatic carbocycles. The van der Waals surface area contributed by atoms with Gasteiger partial charge in [-0.2, -0.15) is 14.6 Å². The highest BCUT2D eigenvalue weighted by Crippen LogP contribution is 2.32. The van der Waals surface area contributed by atoms with Crippen molar-refractivity contribution in [2.75, 3.05) is 24.8 Å². The maximum absolute atomic E-state index is 12.8. The largest absolute Gasteiger partial charge is 0.454 e. The first-order chi connectivity index (χ1) is 14.2. The lowest BCUT2D eigenvalue weighted by Gasteiger charge is -2.33. The Labute approximate surface area is 167 Å². The second-order valence-electron chi connectivity index (χ2n) is 7.42. The van der Waals surface area contributed by atoms with Crippen molar-refractivity contribution in [1.29, 1.82) is 0 Å². The Kier molecular flexibility index (Phi) is 4.42. The summed E-state index contributed by atoms with van der Waals surface area (Å²) in [5, 5.41) is 7.35. The summed E-state index contributed by atoms with van der Waals surface area (Å²) in [6.45, 7) is 4.18. The van der Waals surface area contributed by atoms with E-state index in [0.717, 1.165) is 48.0 Å². The summed E-state index contributed by atoms with van der Waals surface area (Å²) >= 11 is 0. The summed E-state index contributed by atoms with van der Waals surface area (Å²) in [5.41, 5.74) is 1.87. The fourth-order valence-corrected chi connectivity index (χ4v) is 3.92. The molecule has 2 aliphatic heterocycles. The lowest BCUT2D eigenvalue weighted by molar-refractivity contribution is -0.125. The summed E-state index contributed by atoms with van der Waals surface area (Å²) in [7, 11) is 0. The maximum atomic E-state index is 12.8. The van der Waals surface area contributed by atoms with E-state index in [1.54, 1.807) is 4.52 Å². The number of anilines is 1. The molecule has 1 fully saturated rings. The molecule has 1 amide bonds. The van der Waals surface area contributed by atoms with Crippen molar-refractivity contribution < 1.29 is 14.3 Å². The molecule has 0 bridgehead atoms. The molecule has 0 saturated carbocycles. The fourth-order valence-electron chi connectivity index (χ4n) is 3.92. The van der Waals surface area contributed by atoms with Gasteiger partial charge in [-0.15, -0.1) is 0 Å². The van der Waals surface area contributed by atoms with Gasteiger partial charge >= 0.3 is 0 Å². The summed E-state index contributed by atoms with van der Waals surface area (Å²) in [5.74, 6) is 2.96. The molecule has 9 heteroatoms. The predicted octanol–water partition coefficient (Wildman–Crippen LogP) is 1.69. The molecule has 4 heterocycles. The summed E-state index contributed by atoms with van der Waals surface area (Å²) in [6, 6.07) is 7.73. The van der Waals surface area contributed by atoms with Crippen LogP contribution < -0.4 is 19.7 Å². The SMILES string of the molecule is Cc1cc(N2CCC[C@H](C(=O)NCc3ccc4c(c3)OCO4)C2)n2ncnc2n1. The van der Waals surface area contributed by atoms with Crippen molar-refractivity contribution in [2.24, 2.45) is 5.92 Å². The van der Waals surface area contributed by atoms with Crippen molar-refractivity contribution in [3.63, 3.8) is 0 Å². The topological polar surface area (TPSA) is 93.9 Å². The van der Waals surface area contributed by atoms with Gasteiger partial charge in [0, 0.05) is 31.4 Å². The van der Waals surface area contributed by atoms with Crippen LogP contribution in [0.5, 0.6) is 11.5 Å². The van der Waals surface area contributed by atoms with Gasteiger partial charge in [-0.25, -0.2) is 4.98 Å². The van der Waals surface area contributed by atoms with Crippen molar-refractivity contribution in [3.05, 3.63) is 41.9 Å². The lowest BCUT2D eigenvalue weighted by atomic mass is 9.97. The molecule has 2 aliphatic rings. The van der Waals surface area contributed by atoms with Crippen LogP contribution in [0.1, 0.15) is 24.1 Å². The molecule has 5 rings (SSSR count). The molecule has 150 valence electrons. The number of ether oxygens (including phenoxy) is 2. The Morgan fingerprint density at radius 2 is 2.17 bits per heavy atom. The van der Waals surface area contributed by atoms with E-state index in [1.807, 2.05) is 31.2 Å². The summed E-state index contributed by atoms with van der Waals surface area (Å²) in [4.78, 5) is 23.6. The number of aryl methyl sites for hydroxylation is 1. The molecule has 0 radical (unpaired) electrons. The van der Waals surface area contributed by atoms with E-state index in [0.29, 0.717) is 18.9 Å². The average Bonchev–Trinajstić information content (AvgIpc) is 3.40. The normalized spacial score (nSPS) is 18.2. The number of aromatic nitrogens is 4. The number of fused-ring (bicyclic) bond motifs is 2. The first-order valence-corrected chi connectivity index (χ1v) is 9.76. The standard InChI is InChI=1S/C20H22N6O3/c1-13-7-18(26-20(24-13)22-11-23-26)25-6-2-3-15(10-25)19(27)21-9-14-4-5-16-17(8-14)29-12-28-16/h4-5,7-8,11,15H,2-3,6,9-10,12H2,1H3,(H,21,27)/t15-/m0/s1. The number of carbonyl (C=O) groups excluding carboxylic acids is 1. The molecule has 2 aromatic heterocycles. The average molecular weight is 394 g/mol. The predicted molar refractivity (Wildman–Crippen MR) is 105 cm³/mol. The maximum Gasteiger partial charge on any atom is 0.254 e. The second-order valence-corrected chi connectivity index (χ2v) is 7.42. The van der Waals surface area contributed by atoms with Crippen molar-refractivity contribution in [1.82, 2.24) is 24.9 Å². The van der Waals surface area contributed by atoms with Crippen LogP contribution in [0, 0.1) is 12.8 Å². The number of rotatable bonds is 4. The summed E-state index contributed by atoms with van der Waals surface area (Å²) in [6.07, 6.45) is 3.32. The summed E-state index contributed by atoms with van der Waals surface area (Å²) < 4.78 is 12.5. The number of hydrogen-bond acceptors (Lipinski definition) is 7. The number of hydrogen-bond donors (Lipinski definition) is 1. The number of nitrogens with one attached hydrogen (secondary N) is 1. The van der Waals surface area contributed by atoms with Gasteiger partial charge in [0.05, 0.1) is 5.92 Å². The zero-order chi connectivity index (χ0) is 19.8. The van der Waals surface area contributed by atoms with Crippen LogP contribution in [0.25, 0.3) is 5.78 Å². The Morgan fingerprint density at radius 3 is 3.10 bits per heavy atom. The Hall–Kier alpha value is -3.36. The fraction of sp³-hybridized carbons (Fsp3) is 0.400. The smallest absolute Gasteiger partial charge is 0.254 e. The number of amides is 1. The van der Waals surface area contributed by atoms with Crippen LogP contribution in [-0.4, -0.2) is 45.4 Å². The lowest BCUT2D eigenvalue weighted by Crippen LogP contribution is -2.43. The van der Waals surface area contributed by atoms with Gasteiger partial charge in [-0.05, 0) is 37.5 Å². The van der Waals surface area contributed by atoms with Crippen LogP contribution in [0.2, 0.25) is 0 Å². The molecular weight excluding hydrogens is 372 g/mol. The quantitative estimate of drug-likeness (QED) is 0.720. The molecule has 1 N–H and O–H groups in total. The molecular formula is C20H22N6O3. The van der Waals surface area contributed by atoms with E-state index < -0.39 is 0 Å². The zero-order valence-corrected chi connectivity index (χ0v) is 16.2. The van der Waals surface area contributed by atoms with Gasteiger partial charge in [0.1, 0.15) is 12.1 Å². The second kappa shape index (κ2) is 7.23. The Bertz CT molecular complexity index is 1070. The minimum atomic E-state index is -0.0789. The van der Waals surface area contributed by atoms with Crippen molar-refractivity contribution in [2.45, 2.75) is 26.3 Å². The highest BCUT2D eigenvalue weighted by Gasteiger charge is 2.27. The van der Waals surface area contributed by atoms with E-state index in [1.165, 1.54) is 6.33 Å². The molecule has 29 heavy (non-hydrogen) atoms. The number of nitrogens with zero attached hydrogens (tertiary/aromatic N) is 5. The van der Waals surface area contributed by atoms with E-state index in [-0.39, 0.29) is 18.6 Å². The molecule has 1 atom stereocenters.